The molecule has 1 aliphatic rings. The molecule has 0 aromatic carbocycles. The van der Waals surface area contributed by atoms with Gasteiger partial charge in [0.05, 0.1) is 7.11 Å². The van der Waals surface area contributed by atoms with Crippen LogP contribution in [-0.4, -0.2) is 19.7 Å². The van der Waals surface area contributed by atoms with Crippen molar-refractivity contribution in [3.8, 4) is 0 Å². The Kier molecular flexibility index (Phi) is 3.66. The number of methoxy groups -OCH3 is 1. The molecule has 15 heavy (non-hydrogen) atoms. The van der Waals surface area contributed by atoms with E-state index in [4.69, 9.17) is 10.5 Å². The molecule has 0 radical (unpaired) electrons. The number of nitrogens with two attached hydrogens (primary N) is 1. The maximum atomic E-state index is 11.1. The van der Waals surface area contributed by atoms with Crippen LogP contribution in [0.2, 0.25) is 0 Å². The van der Waals surface area contributed by atoms with Crippen LogP contribution < -0.4 is 5.73 Å². The van der Waals surface area contributed by atoms with Crippen LogP contribution in [0.3, 0.4) is 0 Å². The van der Waals surface area contributed by atoms with Gasteiger partial charge in [-0.2, -0.15) is 0 Å². The number of amides is 1. The maximum absolute atomic E-state index is 11.1. The van der Waals surface area contributed by atoms with Crippen LogP contribution >= 0.6 is 0 Å². The molecule has 0 spiro atoms. The van der Waals surface area contributed by atoms with Gasteiger partial charge >= 0.3 is 0 Å². The Morgan fingerprint density at radius 3 is 2.80 bits per heavy atom. The second kappa shape index (κ2) is 4.77. The number of allylic oxidation sites excluding steroid dienone is 2. The van der Waals surface area contributed by atoms with E-state index in [1.807, 2.05) is 0 Å². The van der Waals surface area contributed by atoms with Crippen molar-refractivity contribution in [3.05, 3.63) is 23.6 Å². The van der Waals surface area contributed by atoms with Gasteiger partial charge in [-0.3, -0.25) is 9.79 Å². The molecule has 1 atom stereocenters. The fraction of sp³-hybridized carbons (Fsp3) is 0.455. The predicted molar refractivity (Wildman–Crippen MR) is 59.3 cm³/mol. The minimum absolute atomic E-state index is 0.141. The summed E-state index contributed by atoms with van der Waals surface area (Å²) in [6.45, 7) is 7.27. The van der Waals surface area contributed by atoms with Gasteiger partial charge in [0, 0.05) is 17.2 Å². The summed E-state index contributed by atoms with van der Waals surface area (Å²) >= 11 is 0. The van der Waals surface area contributed by atoms with Crippen molar-refractivity contribution < 1.29 is 9.53 Å². The van der Waals surface area contributed by atoms with Crippen molar-refractivity contribution in [2.75, 3.05) is 7.11 Å². The molecule has 1 amide bonds. The van der Waals surface area contributed by atoms with Crippen molar-refractivity contribution in [1.29, 1.82) is 0 Å². The lowest BCUT2D eigenvalue weighted by molar-refractivity contribution is -0.122. The number of hydrogen-bond donors (Lipinski definition) is 1. The first-order valence-electron chi connectivity index (χ1n) is 4.81. The molecule has 0 aromatic heterocycles. The summed E-state index contributed by atoms with van der Waals surface area (Å²) < 4.78 is 5.06. The van der Waals surface area contributed by atoms with Crippen molar-refractivity contribution in [2.24, 2.45) is 16.6 Å². The zero-order valence-electron chi connectivity index (χ0n) is 8.95. The van der Waals surface area contributed by atoms with Gasteiger partial charge in [-0.05, 0) is 26.0 Å². The molecule has 0 aliphatic heterocycles. The summed E-state index contributed by atoms with van der Waals surface area (Å²) in [5.74, 6) is 0.125. The molecule has 2 N–H and O–H groups in total. The monoisotopic (exact) mass is 208 g/mol. The number of rotatable bonds is 4. The SMILES string of the molecule is C=NC1=C(C(=C)OC)CC(C(N)=O)CC1. The molecular formula is C11H16N2O2. The van der Waals surface area contributed by atoms with Gasteiger partial charge in [0.15, 0.2) is 0 Å². The summed E-state index contributed by atoms with van der Waals surface area (Å²) in [6, 6.07) is 0. The molecule has 82 valence electrons. The van der Waals surface area contributed by atoms with Crippen LogP contribution in [0.4, 0.5) is 0 Å². The van der Waals surface area contributed by atoms with Gasteiger partial charge in [-0.15, -0.1) is 0 Å². The highest BCUT2D eigenvalue weighted by atomic mass is 16.5. The molecule has 0 aromatic rings. The predicted octanol–water partition coefficient (Wildman–Crippen LogP) is 1.39. The van der Waals surface area contributed by atoms with Crippen LogP contribution in [0, 0.1) is 5.92 Å². The fourth-order valence-corrected chi connectivity index (χ4v) is 1.74. The highest BCUT2D eigenvalue weighted by molar-refractivity contribution is 5.77. The summed E-state index contributed by atoms with van der Waals surface area (Å²) in [7, 11) is 1.55. The first kappa shape index (κ1) is 11.5. The summed E-state index contributed by atoms with van der Waals surface area (Å²) in [6.07, 6.45) is 1.98. The molecule has 1 aliphatic carbocycles. The Labute approximate surface area is 89.5 Å². The molecular weight excluding hydrogens is 192 g/mol. The quantitative estimate of drug-likeness (QED) is 0.560. The van der Waals surface area contributed by atoms with E-state index in [-0.39, 0.29) is 11.8 Å². The lowest BCUT2D eigenvalue weighted by Crippen LogP contribution is -2.26. The van der Waals surface area contributed by atoms with Gasteiger partial charge in [-0.25, -0.2) is 0 Å². The number of carbonyl (C=O) groups excluding carboxylic acids is 1. The van der Waals surface area contributed by atoms with Gasteiger partial charge in [0.25, 0.3) is 0 Å². The second-order valence-electron chi connectivity index (χ2n) is 3.55. The third-order valence-corrected chi connectivity index (χ3v) is 2.70. The molecule has 0 saturated heterocycles. The van der Waals surface area contributed by atoms with Crippen molar-refractivity contribution >= 4 is 12.6 Å². The van der Waals surface area contributed by atoms with Crippen molar-refractivity contribution in [1.82, 2.24) is 0 Å². The lowest BCUT2D eigenvalue weighted by Gasteiger charge is -2.23. The van der Waals surface area contributed by atoms with Gasteiger partial charge < -0.3 is 10.5 Å². The molecule has 1 unspecified atom stereocenters. The van der Waals surface area contributed by atoms with E-state index in [9.17, 15) is 4.79 Å². The Hall–Kier alpha value is -1.58. The zero-order valence-corrected chi connectivity index (χ0v) is 8.95. The first-order chi connectivity index (χ1) is 7.10. The first-order valence-corrected chi connectivity index (χ1v) is 4.81. The van der Waals surface area contributed by atoms with E-state index in [0.29, 0.717) is 18.6 Å². The minimum atomic E-state index is -0.278. The van der Waals surface area contributed by atoms with Crippen LogP contribution in [0.15, 0.2) is 28.6 Å². The number of carbonyl (C=O) groups is 1. The van der Waals surface area contributed by atoms with Gasteiger partial charge in [-0.1, -0.05) is 6.58 Å². The number of primary amides is 1. The van der Waals surface area contributed by atoms with Crippen LogP contribution in [0.25, 0.3) is 0 Å². The Morgan fingerprint density at radius 2 is 2.33 bits per heavy atom. The zero-order chi connectivity index (χ0) is 11.4. The Bertz CT molecular complexity index is 331. The summed E-state index contributed by atoms with van der Waals surface area (Å²) in [5, 5.41) is 0. The fourth-order valence-electron chi connectivity index (χ4n) is 1.74. The topological polar surface area (TPSA) is 64.7 Å². The van der Waals surface area contributed by atoms with E-state index in [1.165, 1.54) is 0 Å². The third-order valence-electron chi connectivity index (χ3n) is 2.70. The lowest BCUT2D eigenvalue weighted by atomic mass is 9.85. The Morgan fingerprint density at radius 1 is 1.67 bits per heavy atom. The second-order valence-corrected chi connectivity index (χ2v) is 3.55. The normalized spacial score (nSPS) is 21.0. The number of nitrogens with zero attached hydrogens (tertiary/aromatic N) is 1. The maximum Gasteiger partial charge on any atom is 0.220 e. The smallest absolute Gasteiger partial charge is 0.220 e. The number of hydrogen-bond acceptors (Lipinski definition) is 3. The average Bonchev–Trinajstić information content (AvgIpc) is 2.27. The van der Waals surface area contributed by atoms with Gasteiger partial charge in [0.1, 0.15) is 5.76 Å². The van der Waals surface area contributed by atoms with Crippen molar-refractivity contribution in [2.45, 2.75) is 19.3 Å². The minimum Gasteiger partial charge on any atom is -0.497 e. The molecule has 0 bridgehead atoms. The van der Waals surface area contributed by atoms with E-state index < -0.39 is 0 Å². The molecule has 0 fully saturated rings. The van der Waals surface area contributed by atoms with E-state index in [2.05, 4.69) is 18.3 Å². The van der Waals surface area contributed by atoms with E-state index >= 15 is 0 Å². The average molecular weight is 208 g/mol. The van der Waals surface area contributed by atoms with Crippen molar-refractivity contribution in [3.63, 3.8) is 0 Å². The Balaban J connectivity index is 2.93. The highest BCUT2D eigenvalue weighted by Gasteiger charge is 2.26. The number of aliphatic imine (C=N–C) groups is 1. The van der Waals surface area contributed by atoms with Gasteiger partial charge in [0.2, 0.25) is 5.91 Å². The third kappa shape index (κ3) is 2.46. The molecule has 0 heterocycles. The highest BCUT2D eigenvalue weighted by Crippen LogP contribution is 2.33. The molecule has 4 heteroatoms. The van der Waals surface area contributed by atoms with E-state index in [1.54, 1.807) is 7.11 Å². The summed E-state index contributed by atoms with van der Waals surface area (Å²) in [4.78, 5) is 15.0. The largest absolute Gasteiger partial charge is 0.497 e. The number of ether oxygens (including phenoxy) is 1. The van der Waals surface area contributed by atoms with Crippen LogP contribution in [0.1, 0.15) is 19.3 Å². The standard InChI is InChI=1S/C11H16N2O2/c1-7(15-3)9-6-8(11(12)14)4-5-10(9)13-2/h8H,1-2,4-6H2,3H3,(H2,12,14). The molecule has 4 nitrogen and oxygen atoms in total. The van der Waals surface area contributed by atoms with E-state index in [0.717, 1.165) is 17.7 Å². The molecule has 1 rings (SSSR count). The summed E-state index contributed by atoms with van der Waals surface area (Å²) in [5.41, 5.74) is 7.00. The van der Waals surface area contributed by atoms with Crippen LogP contribution in [-0.2, 0) is 9.53 Å². The molecule has 0 saturated carbocycles. The van der Waals surface area contributed by atoms with Crippen LogP contribution in [0.5, 0.6) is 0 Å².